The van der Waals surface area contributed by atoms with Gasteiger partial charge >= 0.3 is 5.97 Å². The van der Waals surface area contributed by atoms with Crippen molar-refractivity contribution < 1.29 is 13.9 Å². The van der Waals surface area contributed by atoms with Crippen molar-refractivity contribution in [3.63, 3.8) is 0 Å². The van der Waals surface area contributed by atoms with Crippen LogP contribution in [0.15, 0.2) is 36.4 Å². The summed E-state index contributed by atoms with van der Waals surface area (Å²) in [5.41, 5.74) is 1.45. The smallest absolute Gasteiger partial charge is 0.337 e. The number of benzene rings is 2. The van der Waals surface area contributed by atoms with Crippen LogP contribution in [0.25, 0.3) is 0 Å². The minimum atomic E-state index is -0.537. The number of carbonyl (C=O) groups excluding carboxylic acids is 1. The average Bonchev–Trinajstić information content (AvgIpc) is 2.54. The Morgan fingerprint density at radius 1 is 1.36 bits per heavy atom. The Labute approximate surface area is 132 Å². The van der Waals surface area contributed by atoms with Gasteiger partial charge in [0.1, 0.15) is 11.9 Å². The van der Waals surface area contributed by atoms with Gasteiger partial charge in [-0.15, -0.1) is 0 Å². The zero-order valence-corrected chi connectivity index (χ0v) is 12.4. The van der Waals surface area contributed by atoms with Crippen LogP contribution in [0, 0.1) is 17.1 Å². The zero-order valence-electron chi connectivity index (χ0n) is 11.7. The molecular weight excluding hydrogens is 307 g/mol. The standard InChI is InChI=1S/C16H12ClFN2O2/c1-22-16(21)10-2-4-14(18)12(6-10)9-20-15-5-3-13(17)7-11(15)8-19/h2-7,20H,9H2,1H3. The predicted molar refractivity (Wildman–Crippen MR) is 81.2 cm³/mol. The van der Waals surface area contributed by atoms with E-state index in [-0.39, 0.29) is 12.1 Å². The summed E-state index contributed by atoms with van der Waals surface area (Å²) in [5.74, 6) is -0.988. The van der Waals surface area contributed by atoms with Gasteiger partial charge in [0.15, 0.2) is 0 Å². The Morgan fingerprint density at radius 2 is 2.14 bits per heavy atom. The fraction of sp³-hybridized carbons (Fsp3) is 0.125. The highest BCUT2D eigenvalue weighted by molar-refractivity contribution is 6.30. The molecule has 0 aliphatic heterocycles. The van der Waals surface area contributed by atoms with E-state index in [0.717, 1.165) is 0 Å². The first kappa shape index (κ1) is 15.8. The number of hydrogen-bond acceptors (Lipinski definition) is 4. The van der Waals surface area contributed by atoms with Crippen LogP contribution in [0.5, 0.6) is 0 Å². The van der Waals surface area contributed by atoms with E-state index in [4.69, 9.17) is 16.9 Å². The SMILES string of the molecule is COC(=O)c1ccc(F)c(CNc2ccc(Cl)cc2C#N)c1. The lowest BCUT2D eigenvalue weighted by molar-refractivity contribution is 0.0600. The lowest BCUT2D eigenvalue weighted by atomic mass is 10.1. The van der Waals surface area contributed by atoms with E-state index in [1.165, 1.54) is 31.4 Å². The first-order valence-electron chi connectivity index (χ1n) is 6.35. The number of hydrogen-bond donors (Lipinski definition) is 1. The molecule has 0 saturated heterocycles. The van der Waals surface area contributed by atoms with Crippen molar-refractivity contribution in [2.45, 2.75) is 6.54 Å². The molecular formula is C16H12ClFN2O2. The maximum Gasteiger partial charge on any atom is 0.337 e. The molecule has 0 amide bonds. The van der Waals surface area contributed by atoms with Gasteiger partial charge in [-0.1, -0.05) is 11.6 Å². The number of nitriles is 1. The van der Waals surface area contributed by atoms with Crippen LogP contribution in [-0.2, 0) is 11.3 Å². The van der Waals surface area contributed by atoms with Crippen LogP contribution in [-0.4, -0.2) is 13.1 Å². The van der Waals surface area contributed by atoms with Gasteiger partial charge in [0.05, 0.1) is 23.9 Å². The van der Waals surface area contributed by atoms with Gasteiger partial charge < -0.3 is 10.1 Å². The molecule has 0 bridgehead atoms. The summed E-state index contributed by atoms with van der Waals surface area (Å²) in [6.07, 6.45) is 0. The molecule has 0 heterocycles. The number of carbonyl (C=O) groups is 1. The van der Waals surface area contributed by atoms with E-state index >= 15 is 0 Å². The second-order valence-corrected chi connectivity index (χ2v) is 4.89. The van der Waals surface area contributed by atoms with Crippen LogP contribution >= 0.6 is 11.6 Å². The van der Waals surface area contributed by atoms with E-state index in [9.17, 15) is 9.18 Å². The van der Waals surface area contributed by atoms with Gasteiger partial charge in [0, 0.05) is 17.1 Å². The third-order valence-corrected chi connectivity index (χ3v) is 3.27. The summed E-state index contributed by atoms with van der Waals surface area (Å²) in [7, 11) is 1.26. The molecule has 0 aliphatic rings. The number of anilines is 1. The summed E-state index contributed by atoms with van der Waals surface area (Å²) >= 11 is 5.82. The molecule has 112 valence electrons. The van der Waals surface area contributed by atoms with Crippen LogP contribution in [0.2, 0.25) is 5.02 Å². The quantitative estimate of drug-likeness (QED) is 0.872. The molecule has 0 fully saturated rings. The number of halogens is 2. The van der Waals surface area contributed by atoms with Gasteiger partial charge in [-0.3, -0.25) is 0 Å². The molecule has 0 aromatic heterocycles. The van der Waals surface area contributed by atoms with Crippen molar-refractivity contribution >= 4 is 23.3 Å². The van der Waals surface area contributed by atoms with Crippen LogP contribution in [0.3, 0.4) is 0 Å². The Morgan fingerprint density at radius 3 is 2.82 bits per heavy atom. The van der Waals surface area contributed by atoms with Crippen molar-refractivity contribution in [1.82, 2.24) is 0 Å². The van der Waals surface area contributed by atoms with Gasteiger partial charge in [-0.25, -0.2) is 9.18 Å². The van der Waals surface area contributed by atoms with Gasteiger partial charge in [-0.2, -0.15) is 5.26 Å². The Bertz CT molecular complexity index is 756. The summed E-state index contributed by atoms with van der Waals surface area (Å²) in [6.45, 7) is 0.118. The number of ether oxygens (including phenoxy) is 1. The van der Waals surface area contributed by atoms with Crippen molar-refractivity contribution in [2.24, 2.45) is 0 Å². The Kier molecular flexibility index (Phi) is 4.97. The maximum atomic E-state index is 13.8. The maximum absolute atomic E-state index is 13.8. The summed E-state index contributed by atoms with van der Waals surface area (Å²) in [4.78, 5) is 11.5. The number of methoxy groups -OCH3 is 1. The lowest BCUT2D eigenvalue weighted by Crippen LogP contribution is -2.07. The van der Waals surface area contributed by atoms with Crippen LogP contribution in [0.4, 0.5) is 10.1 Å². The highest BCUT2D eigenvalue weighted by Crippen LogP contribution is 2.21. The van der Waals surface area contributed by atoms with E-state index < -0.39 is 11.8 Å². The fourth-order valence-electron chi connectivity index (χ4n) is 1.91. The molecule has 0 saturated carbocycles. The molecule has 0 aliphatic carbocycles. The third-order valence-electron chi connectivity index (χ3n) is 3.04. The zero-order chi connectivity index (χ0) is 16.1. The number of esters is 1. The second-order valence-electron chi connectivity index (χ2n) is 4.45. The second kappa shape index (κ2) is 6.92. The first-order chi connectivity index (χ1) is 10.5. The molecule has 2 aromatic rings. The molecule has 2 aromatic carbocycles. The average molecular weight is 319 g/mol. The lowest BCUT2D eigenvalue weighted by Gasteiger charge is -2.10. The van der Waals surface area contributed by atoms with Crippen molar-refractivity contribution in [3.05, 3.63) is 63.9 Å². The minimum absolute atomic E-state index is 0.118. The monoisotopic (exact) mass is 318 g/mol. The summed E-state index contributed by atoms with van der Waals surface area (Å²) in [6, 6.07) is 10.8. The highest BCUT2D eigenvalue weighted by Gasteiger charge is 2.10. The summed E-state index contributed by atoms with van der Waals surface area (Å²) < 4.78 is 18.4. The predicted octanol–water partition coefficient (Wildman–Crippen LogP) is 3.75. The minimum Gasteiger partial charge on any atom is -0.465 e. The largest absolute Gasteiger partial charge is 0.465 e. The normalized spacial score (nSPS) is 9.91. The molecule has 0 atom stereocenters. The van der Waals surface area contributed by atoms with Crippen molar-refractivity contribution in [2.75, 3.05) is 12.4 Å². The number of rotatable bonds is 4. The Balaban J connectivity index is 2.22. The molecule has 4 nitrogen and oxygen atoms in total. The van der Waals surface area contributed by atoms with E-state index in [0.29, 0.717) is 21.8 Å². The van der Waals surface area contributed by atoms with E-state index in [1.54, 1.807) is 12.1 Å². The van der Waals surface area contributed by atoms with Crippen LogP contribution in [0.1, 0.15) is 21.5 Å². The Hall–Kier alpha value is -2.58. The summed E-state index contributed by atoms with van der Waals surface area (Å²) in [5, 5.41) is 12.5. The van der Waals surface area contributed by atoms with Gasteiger partial charge in [0.25, 0.3) is 0 Å². The number of nitrogens with one attached hydrogen (secondary N) is 1. The fourth-order valence-corrected chi connectivity index (χ4v) is 2.08. The van der Waals surface area contributed by atoms with Gasteiger partial charge in [-0.05, 0) is 36.4 Å². The first-order valence-corrected chi connectivity index (χ1v) is 6.73. The third kappa shape index (κ3) is 3.54. The molecule has 2 rings (SSSR count). The van der Waals surface area contributed by atoms with Crippen molar-refractivity contribution in [3.8, 4) is 6.07 Å². The molecule has 6 heteroatoms. The molecule has 22 heavy (non-hydrogen) atoms. The van der Waals surface area contributed by atoms with E-state index in [1.807, 2.05) is 6.07 Å². The molecule has 0 radical (unpaired) electrons. The molecule has 1 N–H and O–H groups in total. The van der Waals surface area contributed by atoms with E-state index in [2.05, 4.69) is 10.1 Å². The molecule has 0 spiro atoms. The highest BCUT2D eigenvalue weighted by atomic mass is 35.5. The van der Waals surface area contributed by atoms with Crippen molar-refractivity contribution in [1.29, 1.82) is 5.26 Å². The molecule has 0 unspecified atom stereocenters. The topological polar surface area (TPSA) is 62.1 Å². The van der Waals surface area contributed by atoms with Crippen LogP contribution < -0.4 is 5.32 Å². The number of nitrogens with zero attached hydrogens (tertiary/aromatic N) is 1. The van der Waals surface area contributed by atoms with Gasteiger partial charge in [0.2, 0.25) is 0 Å².